The summed E-state index contributed by atoms with van der Waals surface area (Å²) in [5.41, 5.74) is 9.34. The number of aryl methyl sites for hydroxylation is 1. The van der Waals surface area contributed by atoms with Crippen LogP contribution in [0.25, 0.3) is 10.8 Å². The minimum Gasteiger partial charge on any atom is -0.426 e. The fraction of sp³-hybridized carbons (Fsp3) is 0.148. The van der Waals surface area contributed by atoms with E-state index < -0.39 is 5.92 Å². The third-order valence-electron chi connectivity index (χ3n) is 5.57. The minimum absolute atomic E-state index is 0.149. The summed E-state index contributed by atoms with van der Waals surface area (Å²) in [6, 6.07) is 22.2. The van der Waals surface area contributed by atoms with Gasteiger partial charge in [0.15, 0.2) is 0 Å². The van der Waals surface area contributed by atoms with Gasteiger partial charge in [0.05, 0.1) is 12.3 Å². The van der Waals surface area contributed by atoms with Crippen LogP contribution in [0.15, 0.2) is 85.2 Å². The Hall–Kier alpha value is -4.03. The summed E-state index contributed by atoms with van der Waals surface area (Å²) >= 11 is 0. The predicted molar refractivity (Wildman–Crippen MR) is 129 cm³/mol. The number of carbonyl (C=O) groups is 2. The summed E-state index contributed by atoms with van der Waals surface area (Å²) in [5.74, 6) is -0.640. The first-order valence-corrected chi connectivity index (χ1v) is 10.7. The number of benzene rings is 3. The highest BCUT2D eigenvalue weighted by Gasteiger charge is 2.20. The van der Waals surface area contributed by atoms with Gasteiger partial charge in [-0.1, -0.05) is 42.5 Å². The van der Waals surface area contributed by atoms with Crippen LogP contribution in [0.1, 0.15) is 22.6 Å². The first-order valence-electron chi connectivity index (χ1n) is 10.7. The van der Waals surface area contributed by atoms with E-state index in [4.69, 9.17) is 10.5 Å². The summed E-state index contributed by atoms with van der Waals surface area (Å²) in [6.07, 6.45) is 3.69. The molecule has 4 aromatic rings. The number of ether oxygens (including phenoxy) is 1. The van der Waals surface area contributed by atoms with Gasteiger partial charge in [0.2, 0.25) is 5.91 Å². The van der Waals surface area contributed by atoms with Crippen LogP contribution in [-0.4, -0.2) is 23.4 Å². The number of hydrogen-bond donors (Lipinski definition) is 2. The van der Waals surface area contributed by atoms with Gasteiger partial charge in [0.1, 0.15) is 5.75 Å². The summed E-state index contributed by atoms with van der Waals surface area (Å²) in [5, 5.41) is 4.93. The van der Waals surface area contributed by atoms with Gasteiger partial charge in [-0.05, 0) is 59.3 Å². The number of rotatable bonds is 7. The van der Waals surface area contributed by atoms with Crippen molar-refractivity contribution in [2.24, 2.45) is 5.73 Å². The Kier molecular flexibility index (Phi) is 6.76. The highest BCUT2D eigenvalue weighted by atomic mass is 16.5. The van der Waals surface area contributed by atoms with Gasteiger partial charge in [-0.25, -0.2) is 0 Å². The Labute approximate surface area is 192 Å². The number of aromatic nitrogens is 1. The molecule has 1 atom stereocenters. The molecule has 33 heavy (non-hydrogen) atoms. The lowest BCUT2D eigenvalue weighted by atomic mass is 9.98. The summed E-state index contributed by atoms with van der Waals surface area (Å²) in [7, 11) is 0. The van der Waals surface area contributed by atoms with E-state index in [1.165, 1.54) is 0 Å². The molecule has 0 radical (unpaired) electrons. The SMILES string of the molecule is Cc1ccccc1CC(=O)Oc1ccc(C(CN)C(=O)Nc2ccc3cnccc3c2)cc1. The molecule has 0 spiro atoms. The second-order valence-corrected chi connectivity index (χ2v) is 7.86. The summed E-state index contributed by atoms with van der Waals surface area (Å²) < 4.78 is 5.46. The van der Waals surface area contributed by atoms with E-state index in [2.05, 4.69) is 10.3 Å². The van der Waals surface area contributed by atoms with Crippen LogP contribution in [0, 0.1) is 6.92 Å². The molecule has 0 aliphatic heterocycles. The molecular weight excluding hydrogens is 414 g/mol. The Morgan fingerprint density at radius 1 is 1.00 bits per heavy atom. The van der Waals surface area contributed by atoms with Crippen LogP contribution in [0.3, 0.4) is 0 Å². The normalized spacial score (nSPS) is 11.7. The van der Waals surface area contributed by atoms with Gasteiger partial charge in [-0.2, -0.15) is 0 Å². The zero-order valence-corrected chi connectivity index (χ0v) is 18.3. The van der Waals surface area contributed by atoms with E-state index in [0.717, 1.165) is 27.5 Å². The molecule has 1 unspecified atom stereocenters. The van der Waals surface area contributed by atoms with Gasteiger partial charge in [0, 0.05) is 30.0 Å². The van der Waals surface area contributed by atoms with Gasteiger partial charge < -0.3 is 15.8 Å². The lowest BCUT2D eigenvalue weighted by Gasteiger charge is -2.16. The molecule has 3 N–H and O–H groups in total. The number of hydrogen-bond acceptors (Lipinski definition) is 5. The summed E-state index contributed by atoms with van der Waals surface area (Å²) in [6.45, 7) is 2.11. The number of amides is 1. The maximum Gasteiger partial charge on any atom is 0.315 e. The molecule has 166 valence electrons. The fourth-order valence-corrected chi connectivity index (χ4v) is 3.68. The van der Waals surface area contributed by atoms with Crippen LogP contribution in [0.2, 0.25) is 0 Å². The highest BCUT2D eigenvalue weighted by Crippen LogP contribution is 2.23. The van der Waals surface area contributed by atoms with Gasteiger partial charge >= 0.3 is 5.97 Å². The lowest BCUT2D eigenvalue weighted by Crippen LogP contribution is -2.27. The zero-order valence-electron chi connectivity index (χ0n) is 18.3. The smallest absolute Gasteiger partial charge is 0.315 e. The number of nitrogens with two attached hydrogens (primary N) is 1. The minimum atomic E-state index is -0.533. The molecule has 6 nitrogen and oxygen atoms in total. The zero-order chi connectivity index (χ0) is 23.2. The molecule has 1 amide bonds. The molecule has 1 heterocycles. The van der Waals surface area contributed by atoms with Gasteiger partial charge in [-0.15, -0.1) is 0 Å². The van der Waals surface area contributed by atoms with Crippen LogP contribution in [0.4, 0.5) is 5.69 Å². The maximum atomic E-state index is 12.9. The Morgan fingerprint density at radius 3 is 2.55 bits per heavy atom. The predicted octanol–water partition coefficient (Wildman–Crippen LogP) is 4.37. The summed E-state index contributed by atoms with van der Waals surface area (Å²) in [4.78, 5) is 29.3. The van der Waals surface area contributed by atoms with E-state index >= 15 is 0 Å². The fourth-order valence-electron chi connectivity index (χ4n) is 3.68. The standard InChI is InChI=1S/C27H25N3O3/c1-18-4-2-3-5-20(18)15-26(31)33-24-10-7-19(8-11-24)25(16-28)27(32)30-23-9-6-22-17-29-13-12-21(22)14-23/h2-14,17,25H,15-16,28H2,1H3,(H,30,32). The molecule has 0 aliphatic carbocycles. The third kappa shape index (κ3) is 5.42. The molecule has 0 fully saturated rings. The van der Waals surface area contributed by atoms with Gasteiger partial charge in [-0.3, -0.25) is 14.6 Å². The molecule has 1 aromatic heterocycles. The van der Waals surface area contributed by atoms with E-state index in [-0.39, 0.29) is 24.8 Å². The number of nitrogens with one attached hydrogen (secondary N) is 1. The second-order valence-electron chi connectivity index (χ2n) is 7.86. The quantitative estimate of drug-likeness (QED) is 0.329. The van der Waals surface area contributed by atoms with Crippen molar-refractivity contribution >= 4 is 28.3 Å². The van der Waals surface area contributed by atoms with Crippen molar-refractivity contribution in [3.05, 3.63) is 102 Å². The van der Waals surface area contributed by atoms with Crippen LogP contribution < -0.4 is 15.8 Å². The van der Waals surface area contributed by atoms with Crippen molar-refractivity contribution in [2.75, 3.05) is 11.9 Å². The Balaban J connectivity index is 1.41. The Morgan fingerprint density at radius 2 is 1.79 bits per heavy atom. The van der Waals surface area contributed by atoms with Crippen LogP contribution >= 0.6 is 0 Å². The highest BCUT2D eigenvalue weighted by molar-refractivity contribution is 5.98. The van der Waals surface area contributed by atoms with Crippen molar-refractivity contribution in [3.8, 4) is 5.75 Å². The lowest BCUT2D eigenvalue weighted by molar-refractivity contribution is -0.133. The van der Waals surface area contributed by atoms with Crippen molar-refractivity contribution < 1.29 is 14.3 Å². The van der Waals surface area contributed by atoms with Crippen molar-refractivity contribution in [3.63, 3.8) is 0 Å². The number of esters is 1. The number of nitrogens with zero attached hydrogens (tertiary/aromatic N) is 1. The first-order chi connectivity index (χ1) is 16.0. The van der Waals surface area contributed by atoms with Crippen molar-refractivity contribution in [1.29, 1.82) is 0 Å². The number of anilines is 1. The number of carbonyl (C=O) groups excluding carboxylic acids is 2. The van der Waals surface area contributed by atoms with Crippen molar-refractivity contribution in [2.45, 2.75) is 19.3 Å². The van der Waals surface area contributed by atoms with Crippen LogP contribution in [-0.2, 0) is 16.0 Å². The van der Waals surface area contributed by atoms with E-state index in [9.17, 15) is 9.59 Å². The van der Waals surface area contributed by atoms with E-state index in [1.54, 1.807) is 36.7 Å². The first kappa shape index (κ1) is 22.2. The molecule has 4 rings (SSSR count). The molecular formula is C27H25N3O3. The largest absolute Gasteiger partial charge is 0.426 e. The molecule has 0 aliphatic rings. The monoisotopic (exact) mass is 439 g/mol. The van der Waals surface area contributed by atoms with Gasteiger partial charge in [0.25, 0.3) is 0 Å². The number of pyridine rings is 1. The van der Waals surface area contributed by atoms with Crippen LogP contribution in [0.5, 0.6) is 5.75 Å². The molecule has 0 bridgehead atoms. The Bertz CT molecular complexity index is 1290. The van der Waals surface area contributed by atoms with E-state index in [0.29, 0.717) is 11.4 Å². The average molecular weight is 440 g/mol. The molecule has 0 saturated heterocycles. The molecule has 3 aromatic carbocycles. The molecule has 6 heteroatoms. The second kappa shape index (κ2) is 10.1. The third-order valence-corrected chi connectivity index (χ3v) is 5.57. The molecule has 0 saturated carbocycles. The van der Waals surface area contributed by atoms with Crippen molar-refractivity contribution in [1.82, 2.24) is 4.98 Å². The average Bonchev–Trinajstić information content (AvgIpc) is 2.82. The topological polar surface area (TPSA) is 94.3 Å². The van der Waals surface area contributed by atoms with E-state index in [1.807, 2.05) is 55.5 Å². The number of fused-ring (bicyclic) bond motifs is 1. The maximum absolute atomic E-state index is 12.9.